The van der Waals surface area contributed by atoms with Gasteiger partial charge in [0.1, 0.15) is 23.1 Å². The Bertz CT molecular complexity index is 1220. The molecule has 3 aromatic carbocycles. The third-order valence-corrected chi connectivity index (χ3v) is 5.41. The summed E-state index contributed by atoms with van der Waals surface area (Å²) in [5.74, 6) is -0.143. The van der Waals surface area contributed by atoms with Crippen LogP contribution in [0.2, 0.25) is 0 Å². The van der Waals surface area contributed by atoms with Crippen LogP contribution in [-0.4, -0.2) is 17.9 Å². The number of ether oxygens (including phenoxy) is 1. The lowest BCUT2D eigenvalue weighted by atomic mass is 10.0. The molecule has 4 nitrogen and oxygen atoms in total. The first-order valence-electron chi connectivity index (χ1n) is 10.5. The summed E-state index contributed by atoms with van der Waals surface area (Å²) in [5, 5.41) is 0. The van der Waals surface area contributed by atoms with Gasteiger partial charge in [0.25, 0.3) is 0 Å². The van der Waals surface area contributed by atoms with E-state index in [2.05, 4.69) is 0 Å². The van der Waals surface area contributed by atoms with Gasteiger partial charge in [0.2, 0.25) is 5.91 Å². The molecule has 1 heterocycles. The Morgan fingerprint density at radius 1 is 0.909 bits per heavy atom. The van der Waals surface area contributed by atoms with Crippen LogP contribution in [0.1, 0.15) is 16.7 Å². The molecule has 0 radical (unpaired) electrons. The van der Waals surface area contributed by atoms with E-state index in [1.54, 1.807) is 36.5 Å². The summed E-state index contributed by atoms with van der Waals surface area (Å²) in [6.45, 7) is 0.246. The fourth-order valence-corrected chi connectivity index (χ4v) is 3.65. The Hall–Kier alpha value is -3.93. The van der Waals surface area contributed by atoms with E-state index in [-0.39, 0.29) is 31.0 Å². The van der Waals surface area contributed by atoms with Gasteiger partial charge < -0.3 is 14.1 Å². The van der Waals surface area contributed by atoms with Crippen LogP contribution in [0.4, 0.5) is 8.78 Å². The van der Waals surface area contributed by atoms with Crippen molar-refractivity contribution in [3.63, 3.8) is 0 Å². The summed E-state index contributed by atoms with van der Waals surface area (Å²) in [6, 6.07) is 21.9. The van der Waals surface area contributed by atoms with Crippen LogP contribution in [0.5, 0.6) is 5.75 Å². The highest BCUT2D eigenvalue weighted by molar-refractivity contribution is 5.79. The fraction of sp³-hybridized carbons (Fsp3) is 0.148. The minimum absolute atomic E-state index is 0.00753. The van der Waals surface area contributed by atoms with Gasteiger partial charge in [-0.25, -0.2) is 8.78 Å². The number of benzene rings is 3. The van der Waals surface area contributed by atoms with E-state index in [1.807, 2.05) is 42.5 Å². The van der Waals surface area contributed by atoms with Crippen molar-refractivity contribution in [2.24, 2.45) is 0 Å². The summed E-state index contributed by atoms with van der Waals surface area (Å²) in [6.07, 6.45) is 1.72. The third kappa shape index (κ3) is 5.47. The van der Waals surface area contributed by atoms with Crippen molar-refractivity contribution in [3.8, 4) is 17.1 Å². The number of amides is 1. The Labute approximate surface area is 191 Å². The van der Waals surface area contributed by atoms with Gasteiger partial charge >= 0.3 is 0 Å². The van der Waals surface area contributed by atoms with Gasteiger partial charge in [-0.3, -0.25) is 4.79 Å². The van der Waals surface area contributed by atoms with Crippen LogP contribution in [0, 0.1) is 11.6 Å². The minimum Gasteiger partial charge on any atom is -0.497 e. The highest BCUT2D eigenvalue weighted by atomic mass is 19.1. The lowest BCUT2D eigenvalue weighted by Gasteiger charge is -2.24. The monoisotopic (exact) mass is 447 g/mol. The molecule has 6 heteroatoms. The molecular weight excluding hydrogens is 424 g/mol. The molecule has 1 aromatic heterocycles. The molecule has 0 atom stereocenters. The van der Waals surface area contributed by atoms with E-state index in [0.717, 1.165) is 22.8 Å². The van der Waals surface area contributed by atoms with Crippen molar-refractivity contribution in [2.75, 3.05) is 7.11 Å². The van der Waals surface area contributed by atoms with E-state index >= 15 is 0 Å². The summed E-state index contributed by atoms with van der Waals surface area (Å²) in [5.41, 5.74) is 2.77. The number of hydrogen-bond donors (Lipinski definition) is 0. The van der Waals surface area contributed by atoms with E-state index in [9.17, 15) is 13.6 Å². The Morgan fingerprint density at radius 3 is 2.36 bits per heavy atom. The summed E-state index contributed by atoms with van der Waals surface area (Å²) in [4.78, 5) is 14.9. The zero-order valence-electron chi connectivity index (χ0n) is 18.1. The Morgan fingerprint density at radius 2 is 1.67 bits per heavy atom. The van der Waals surface area contributed by atoms with Gasteiger partial charge in [-0.2, -0.15) is 0 Å². The molecule has 0 bridgehead atoms. The molecule has 1 amide bonds. The number of furan rings is 1. The molecule has 0 N–H and O–H groups in total. The average Bonchev–Trinajstić information content (AvgIpc) is 3.36. The number of rotatable bonds is 8. The first kappa shape index (κ1) is 22.3. The van der Waals surface area contributed by atoms with E-state index in [1.165, 1.54) is 12.1 Å². The van der Waals surface area contributed by atoms with Crippen molar-refractivity contribution in [2.45, 2.75) is 19.5 Å². The smallest absolute Gasteiger partial charge is 0.227 e. The number of carbonyl (C=O) groups is 1. The van der Waals surface area contributed by atoms with Gasteiger partial charge in [0.15, 0.2) is 0 Å². The molecule has 0 spiro atoms. The number of nitrogens with zero attached hydrogens (tertiary/aromatic N) is 1. The van der Waals surface area contributed by atoms with Crippen molar-refractivity contribution >= 4 is 5.91 Å². The number of hydrogen-bond acceptors (Lipinski definition) is 3. The molecule has 0 saturated heterocycles. The van der Waals surface area contributed by atoms with Crippen molar-refractivity contribution in [1.82, 2.24) is 4.90 Å². The van der Waals surface area contributed by atoms with Gasteiger partial charge in [-0.05, 0) is 41.5 Å². The van der Waals surface area contributed by atoms with Crippen LogP contribution < -0.4 is 4.74 Å². The molecule has 0 aliphatic heterocycles. The van der Waals surface area contributed by atoms with Crippen LogP contribution >= 0.6 is 0 Å². The highest BCUT2D eigenvalue weighted by Gasteiger charge is 2.19. The summed E-state index contributed by atoms with van der Waals surface area (Å²) >= 11 is 0. The average molecular weight is 447 g/mol. The predicted molar refractivity (Wildman–Crippen MR) is 121 cm³/mol. The molecule has 0 unspecified atom stereocenters. The Balaban J connectivity index is 1.63. The molecule has 0 fully saturated rings. The number of methoxy groups -OCH3 is 1. The number of halogens is 2. The van der Waals surface area contributed by atoms with Gasteiger partial charge in [-0.1, -0.05) is 42.5 Å². The second kappa shape index (κ2) is 10.1. The molecule has 0 saturated carbocycles. The lowest BCUT2D eigenvalue weighted by Crippen LogP contribution is -2.32. The van der Waals surface area contributed by atoms with Gasteiger partial charge in [-0.15, -0.1) is 0 Å². The van der Waals surface area contributed by atoms with Gasteiger partial charge in [0, 0.05) is 30.3 Å². The van der Waals surface area contributed by atoms with Crippen molar-refractivity contribution in [1.29, 1.82) is 0 Å². The minimum atomic E-state index is -0.684. The van der Waals surface area contributed by atoms with E-state index < -0.39 is 11.6 Å². The normalized spacial score (nSPS) is 10.8. The summed E-state index contributed by atoms with van der Waals surface area (Å²) in [7, 11) is 1.58. The van der Waals surface area contributed by atoms with Crippen LogP contribution in [0.3, 0.4) is 0 Å². The van der Waals surface area contributed by atoms with E-state index in [0.29, 0.717) is 11.5 Å². The van der Waals surface area contributed by atoms with Crippen LogP contribution in [0.25, 0.3) is 11.3 Å². The molecule has 4 aromatic rings. The SMILES string of the molecule is COc1ccc(CC(=O)N(Cc2ccc(F)cc2F)Cc2ccccc2-c2ccco2)cc1. The zero-order valence-corrected chi connectivity index (χ0v) is 18.1. The molecule has 168 valence electrons. The molecule has 0 aliphatic carbocycles. The standard InChI is InChI=1S/C27H23F2NO3/c1-32-23-12-8-19(9-13-23)15-27(31)30(18-21-10-11-22(28)16-25(21)29)17-20-5-2-3-6-24(20)26-7-4-14-33-26/h2-14,16H,15,17-18H2,1H3. The molecular formula is C27H23F2NO3. The third-order valence-electron chi connectivity index (χ3n) is 5.41. The van der Waals surface area contributed by atoms with E-state index in [4.69, 9.17) is 9.15 Å². The maximum atomic E-state index is 14.4. The largest absolute Gasteiger partial charge is 0.497 e. The topological polar surface area (TPSA) is 42.7 Å². The quantitative estimate of drug-likeness (QED) is 0.332. The molecule has 0 aliphatic rings. The molecule has 33 heavy (non-hydrogen) atoms. The highest BCUT2D eigenvalue weighted by Crippen LogP contribution is 2.26. The van der Waals surface area contributed by atoms with Gasteiger partial charge in [0.05, 0.1) is 19.8 Å². The predicted octanol–water partition coefficient (Wildman–Crippen LogP) is 6.00. The zero-order chi connectivity index (χ0) is 23.2. The van der Waals surface area contributed by atoms with Crippen molar-refractivity contribution < 1.29 is 22.7 Å². The second-order valence-corrected chi connectivity index (χ2v) is 7.64. The maximum absolute atomic E-state index is 14.4. The second-order valence-electron chi connectivity index (χ2n) is 7.64. The van der Waals surface area contributed by atoms with Crippen LogP contribution in [-0.2, 0) is 24.3 Å². The first-order valence-corrected chi connectivity index (χ1v) is 10.5. The van der Waals surface area contributed by atoms with Crippen molar-refractivity contribution in [3.05, 3.63) is 113 Å². The fourth-order valence-electron chi connectivity index (χ4n) is 3.65. The summed E-state index contributed by atoms with van der Waals surface area (Å²) < 4.78 is 38.6. The number of carbonyl (C=O) groups excluding carboxylic acids is 1. The molecule has 4 rings (SSSR count). The van der Waals surface area contributed by atoms with Crippen LogP contribution in [0.15, 0.2) is 89.5 Å². The Kier molecular flexibility index (Phi) is 6.83. The lowest BCUT2D eigenvalue weighted by molar-refractivity contribution is -0.131. The first-order chi connectivity index (χ1) is 16.0. The maximum Gasteiger partial charge on any atom is 0.227 e.